The summed E-state index contributed by atoms with van der Waals surface area (Å²) in [6.07, 6.45) is -0.672. The van der Waals surface area contributed by atoms with Gasteiger partial charge < -0.3 is 20.1 Å². The lowest BCUT2D eigenvalue weighted by molar-refractivity contribution is -0.121. The van der Waals surface area contributed by atoms with Crippen LogP contribution in [0.2, 0.25) is 0 Å². The van der Waals surface area contributed by atoms with E-state index in [0.717, 1.165) is 41.8 Å². The molecule has 1 aromatic rings. The maximum Gasteiger partial charge on any atom is 0.350 e. The number of hydrogen-bond acceptors (Lipinski definition) is 9. The van der Waals surface area contributed by atoms with Crippen molar-refractivity contribution in [2.75, 3.05) is 12.4 Å². The fraction of sp³-hybridized carbons (Fsp3) is 0.684. The van der Waals surface area contributed by atoms with Crippen LogP contribution in [0.25, 0.3) is 0 Å². The van der Waals surface area contributed by atoms with Crippen molar-refractivity contribution in [3.63, 3.8) is 0 Å². The molecule has 0 unspecified atom stereocenters. The van der Waals surface area contributed by atoms with Gasteiger partial charge in [-0.25, -0.2) is 9.18 Å². The molecular formula is C19H27FN2O7S. The highest BCUT2D eigenvalue weighted by molar-refractivity contribution is 8.13. The van der Waals surface area contributed by atoms with E-state index in [1.165, 1.54) is 6.92 Å². The molecule has 2 rings (SSSR count). The number of aromatic nitrogens is 2. The first-order valence-electron chi connectivity index (χ1n) is 9.82. The number of ketones is 1. The average Bonchev–Trinajstić information content (AvgIpc) is 2.96. The molecule has 1 aliphatic heterocycles. The second-order valence-electron chi connectivity index (χ2n) is 7.20. The number of Topliss-reactive ketones (excluding diaryl/α,β-unsaturated/α-hetero) is 1. The number of carbonyl (C=O) groups excluding carboxylic acids is 2. The fourth-order valence-corrected chi connectivity index (χ4v) is 3.89. The smallest absolute Gasteiger partial charge is 0.350 e. The Bertz CT molecular complexity index is 804. The number of nitrogens with zero attached hydrogens (tertiary/aromatic N) is 2. The second-order valence-corrected chi connectivity index (χ2v) is 8.35. The number of rotatable bonds is 11. The number of ether oxygens (including phenoxy) is 1. The number of aliphatic hydroxyl groups is 3. The molecule has 1 saturated heterocycles. The maximum absolute atomic E-state index is 14.4. The summed E-state index contributed by atoms with van der Waals surface area (Å²) < 4.78 is 20.4. The van der Waals surface area contributed by atoms with Crippen molar-refractivity contribution in [2.24, 2.45) is 0 Å². The molecule has 0 saturated carbocycles. The van der Waals surface area contributed by atoms with Crippen LogP contribution in [0.5, 0.6) is 0 Å². The van der Waals surface area contributed by atoms with E-state index < -0.39 is 42.7 Å². The van der Waals surface area contributed by atoms with Crippen molar-refractivity contribution in [1.29, 1.82) is 0 Å². The summed E-state index contributed by atoms with van der Waals surface area (Å²) in [6, 6.07) is 0. The number of hydrogen-bond donors (Lipinski definition) is 3. The Morgan fingerprint density at radius 2 is 1.93 bits per heavy atom. The van der Waals surface area contributed by atoms with Crippen molar-refractivity contribution in [2.45, 2.75) is 70.0 Å². The van der Waals surface area contributed by atoms with E-state index in [1.807, 2.05) is 0 Å². The van der Waals surface area contributed by atoms with Crippen molar-refractivity contribution in [3.8, 4) is 0 Å². The van der Waals surface area contributed by atoms with E-state index in [1.54, 1.807) is 0 Å². The van der Waals surface area contributed by atoms with E-state index in [2.05, 4.69) is 4.98 Å². The molecular weight excluding hydrogens is 419 g/mol. The molecule has 9 nitrogen and oxygen atoms in total. The van der Waals surface area contributed by atoms with Crippen LogP contribution in [-0.4, -0.2) is 66.4 Å². The molecule has 1 fully saturated rings. The molecule has 11 heteroatoms. The van der Waals surface area contributed by atoms with Crippen LogP contribution in [-0.2, 0) is 20.7 Å². The largest absolute Gasteiger partial charge is 0.389 e. The van der Waals surface area contributed by atoms with E-state index >= 15 is 0 Å². The molecule has 0 amide bonds. The average molecular weight is 446 g/mol. The molecule has 0 radical (unpaired) electrons. The molecule has 168 valence electrons. The summed E-state index contributed by atoms with van der Waals surface area (Å²) >= 11 is 1.03. The van der Waals surface area contributed by atoms with Gasteiger partial charge in [-0.3, -0.25) is 14.2 Å². The fourth-order valence-electron chi connectivity index (χ4n) is 3.07. The minimum atomic E-state index is -1.40. The highest BCUT2D eigenvalue weighted by Crippen LogP contribution is 2.28. The topological polar surface area (TPSA) is 139 Å². The van der Waals surface area contributed by atoms with E-state index in [-0.39, 0.29) is 23.0 Å². The lowest BCUT2D eigenvalue weighted by Gasteiger charge is -2.17. The Balaban J connectivity index is 1.81. The minimum absolute atomic E-state index is 0.185. The van der Waals surface area contributed by atoms with Crippen LogP contribution >= 0.6 is 11.8 Å². The lowest BCUT2D eigenvalue weighted by atomic mass is 10.1. The first-order chi connectivity index (χ1) is 14.2. The van der Waals surface area contributed by atoms with Crippen LogP contribution < -0.4 is 5.69 Å². The summed E-state index contributed by atoms with van der Waals surface area (Å²) in [6.45, 7) is 1.08. The number of halogens is 1. The van der Waals surface area contributed by atoms with Crippen molar-refractivity contribution in [1.82, 2.24) is 9.55 Å². The Hall–Kier alpha value is -1.66. The number of carbonyl (C=O) groups is 2. The predicted molar refractivity (Wildman–Crippen MR) is 106 cm³/mol. The summed E-state index contributed by atoms with van der Waals surface area (Å²) in [4.78, 5) is 38.8. The zero-order chi connectivity index (χ0) is 22.3. The van der Waals surface area contributed by atoms with Gasteiger partial charge in [0.05, 0.1) is 18.2 Å². The van der Waals surface area contributed by atoms with Gasteiger partial charge in [-0.2, -0.15) is 4.98 Å². The van der Waals surface area contributed by atoms with Gasteiger partial charge in [-0.05, 0) is 19.8 Å². The van der Waals surface area contributed by atoms with Crippen LogP contribution in [0, 0.1) is 5.82 Å². The van der Waals surface area contributed by atoms with Gasteiger partial charge in [0.2, 0.25) is 0 Å². The first kappa shape index (κ1) is 24.6. The van der Waals surface area contributed by atoms with Crippen LogP contribution in [0.3, 0.4) is 0 Å². The van der Waals surface area contributed by atoms with Crippen molar-refractivity contribution < 1.29 is 34.0 Å². The molecule has 2 heterocycles. The zero-order valence-electron chi connectivity index (χ0n) is 16.7. The van der Waals surface area contributed by atoms with Gasteiger partial charge in [-0.15, -0.1) is 0 Å². The summed E-state index contributed by atoms with van der Waals surface area (Å²) in [5.41, 5.74) is -1.16. The number of unbranched alkanes of at least 4 members (excludes halogenated alkanes) is 3. The second kappa shape index (κ2) is 11.7. The van der Waals surface area contributed by atoms with Crippen LogP contribution in [0.4, 0.5) is 4.39 Å². The highest BCUT2D eigenvalue weighted by Gasteiger charge is 2.42. The van der Waals surface area contributed by atoms with Gasteiger partial charge in [0, 0.05) is 18.4 Å². The third-order valence-electron chi connectivity index (χ3n) is 4.83. The zero-order valence-corrected chi connectivity index (χ0v) is 17.5. The Kier molecular flexibility index (Phi) is 9.56. The quantitative estimate of drug-likeness (QED) is 0.411. The molecule has 0 aromatic carbocycles. The van der Waals surface area contributed by atoms with Gasteiger partial charge in [-0.1, -0.05) is 24.6 Å². The minimum Gasteiger partial charge on any atom is -0.389 e. The molecule has 0 aliphatic carbocycles. The van der Waals surface area contributed by atoms with E-state index in [0.29, 0.717) is 18.6 Å². The Morgan fingerprint density at radius 3 is 2.57 bits per heavy atom. The molecule has 0 spiro atoms. The normalized spacial score (nSPS) is 23.6. The Labute approximate surface area is 177 Å². The third kappa shape index (κ3) is 6.67. The monoisotopic (exact) mass is 446 g/mol. The summed E-state index contributed by atoms with van der Waals surface area (Å²) in [5.74, 6) is -0.527. The highest BCUT2D eigenvalue weighted by atomic mass is 32.2. The standard InChI is InChI=1S/C19H27FN2O7S/c1-11-16(26)17(27)18(29-11)22-9-13(20)14(21-19(22)28)8-15(25)30-7-5-3-2-4-6-12(24)10-23/h9,11,16-18,23,26-27H,2-8,10H2,1H3/t11-,16-,17-,18-/m1/s1. The molecule has 3 N–H and O–H groups in total. The summed E-state index contributed by atoms with van der Waals surface area (Å²) in [7, 11) is 0. The first-order valence-corrected chi connectivity index (χ1v) is 10.8. The van der Waals surface area contributed by atoms with Crippen LogP contribution in [0.15, 0.2) is 11.0 Å². The van der Waals surface area contributed by atoms with Crippen molar-refractivity contribution in [3.05, 3.63) is 28.2 Å². The lowest BCUT2D eigenvalue weighted by Crippen LogP contribution is -2.36. The maximum atomic E-state index is 14.4. The third-order valence-corrected chi connectivity index (χ3v) is 5.79. The molecule has 4 atom stereocenters. The van der Waals surface area contributed by atoms with Gasteiger partial charge in [0.25, 0.3) is 0 Å². The molecule has 1 aromatic heterocycles. The van der Waals surface area contributed by atoms with Gasteiger partial charge in [0.15, 0.2) is 22.9 Å². The SMILES string of the molecule is C[C@H]1O[C@@H](n2cc(F)c(CC(=O)SCCCCCCC(=O)CO)nc2=O)[C@H](O)[C@@H]1O. The van der Waals surface area contributed by atoms with E-state index in [4.69, 9.17) is 9.84 Å². The molecule has 0 bridgehead atoms. The Morgan fingerprint density at radius 1 is 1.23 bits per heavy atom. The van der Waals surface area contributed by atoms with Gasteiger partial charge in [0.1, 0.15) is 18.8 Å². The predicted octanol–water partition coefficient (Wildman–Crippen LogP) is 0.336. The number of thioether (sulfide) groups is 1. The molecule has 30 heavy (non-hydrogen) atoms. The van der Waals surface area contributed by atoms with Crippen molar-refractivity contribution >= 4 is 22.7 Å². The number of aliphatic hydroxyl groups excluding tert-OH is 3. The molecule has 1 aliphatic rings. The van der Waals surface area contributed by atoms with Gasteiger partial charge >= 0.3 is 5.69 Å². The summed E-state index contributed by atoms with van der Waals surface area (Å²) in [5, 5.41) is 28.0. The van der Waals surface area contributed by atoms with Crippen LogP contribution in [0.1, 0.15) is 50.9 Å². The van der Waals surface area contributed by atoms with E-state index in [9.17, 15) is 29.0 Å².